The lowest BCUT2D eigenvalue weighted by atomic mass is 9.98. The summed E-state index contributed by atoms with van der Waals surface area (Å²) >= 11 is 0. The number of nitrogens with two attached hydrogens (primary N) is 1. The summed E-state index contributed by atoms with van der Waals surface area (Å²) in [7, 11) is 0. The molecule has 2 amide bonds. The van der Waals surface area contributed by atoms with Gasteiger partial charge >= 0.3 is 0 Å². The maximum atomic E-state index is 13.0. The molecule has 3 heterocycles. The molecule has 138 valence electrons. The first-order valence-corrected chi connectivity index (χ1v) is 9.55. The van der Waals surface area contributed by atoms with E-state index in [0.29, 0.717) is 18.2 Å². The number of piperidine rings is 1. The highest BCUT2D eigenvalue weighted by molar-refractivity contribution is 5.96. The minimum Gasteiger partial charge on any atom is -0.370 e. The molecule has 26 heavy (non-hydrogen) atoms. The topological polar surface area (TPSA) is 94.1 Å². The van der Waals surface area contributed by atoms with E-state index in [2.05, 4.69) is 14.5 Å². The van der Waals surface area contributed by atoms with Gasteiger partial charge in [-0.05, 0) is 38.2 Å². The Morgan fingerprint density at radius 1 is 1.12 bits per heavy atom. The standard InChI is InChI=1S/C19H25N5O2/c20-17(25)10-15-7-3-4-8-23(15)19(26)13-9-16-18(21-11-13)24(12-22-16)14-5-1-2-6-14/h9,11-12,14-15H,1-8,10H2,(H2,20,25). The summed E-state index contributed by atoms with van der Waals surface area (Å²) in [5, 5.41) is 0. The highest BCUT2D eigenvalue weighted by atomic mass is 16.2. The lowest BCUT2D eigenvalue weighted by Gasteiger charge is -2.35. The Morgan fingerprint density at radius 2 is 1.88 bits per heavy atom. The molecule has 2 aromatic rings. The van der Waals surface area contributed by atoms with Crippen molar-refractivity contribution in [2.24, 2.45) is 5.73 Å². The second kappa shape index (κ2) is 7.05. The van der Waals surface area contributed by atoms with E-state index in [0.717, 1.165) is 43.3 Å². The molecule has 1 saturated carbocycles. The second-order valence-corrected chi connectivity index (χ2v) is 7.48. The third kappa shape index (κ3) is 3.18. The van der Waals surface area contributed by atoms with E-state index in [-0.39, 0.29) is 24.3 Å². The maximum Gasteiger partial charge on any atom is 0.255 e. The highest BCUT2D eigenvalue weighted by Crippen LogP contribution is 2.31. The molecule has 4 rings (SSSR count). The van der Waals surface area contributed by atoms with Crippen LogP contribution in [0.15, 0.2) is 18.6 Å². The van der Waals surface area contributed by atoms with E-state index in [4.69, 9.17) is 5.73 Å². The Hall–Kier alpha value is -2.44. The van der Waals surface area contributed by atoms with E-state index in [1.165, 1.54) is 12.8 Å². The number of hydrogen-bond acceptors (Lipinski definition) is 4. The van der Waals surface area contributed by atoms with Crippen molar-refractivity contribution in [3.8, 4) is 0 Å². The molecule has 1 aliphatic heterocycles. The molecular weight excluding hydrogens is 330 g/mol. The summed E-state index contributed by atoms with van der Waals surface area (Å²) in [4.78, 5) is 35.1. The number of pyridine rings is 1. The summed E-state index contributed by atoms with van der Waals surface area (Å²) in [5.74, 6) is -0.445. The summed E-state index contributed by atoms with van der Waals surface area (Å²) < 4.78 is 2.15. The Labute approximate surface area is 152 Å². The fourth-order valence-corrected chi connectivity index (χ4v) is 4.36. The number of hydrogen-bond donors (Lipinski definition) is 1. The van der Waals surface area contributed by atoms with Gasteiger partial charge in [0.05, 0.1) is 11.9 Å². The van der Waals surface area contributed by atoms with Crippen LogP contribution in [0.3, 0.4) is 0 Å². The molecule has 0 radical (unpaired) electrons. The van der Waals surface area contributed by atoms with Crippen molar-refractivity contribution < 1.29 is 9.59 Å². The summed E-state index contributed by atoms with van der Waals surface area (Å²) in [5.41, 5.74) is 7.50. The van der Waals surface area contributed by atoms with Crippen LogP contribution in [0.1, 0.15) is 67.8 Å². The number of likely N-dealkylation sites (tertiary alicyclic amines) is 1. The molecule has 1 saturated heterocycles. The molecule has 7 heteroatoms. The van der Waals surface area contributed by atoms with Gasteiger partial charge in [-0.3, -0.25) is 9.59 Å². The van der Waals surface area contributed by atoms with Gasteiger partial charge in [-0.15, -0.1) is 0 Å². The van der Waals surface area contributed by atoms with E-state index in [1.807, 2.05) is 12.4 Å². The van der Waals surface area contributed by atoms with Crippen LogP contribution in [-0.4, -0.2) is 43.8 Å². The van der Waals surface area contributed by atoms with E-state index >= 15 is 0 Å². The molecule has 0 bridgehead atoms. The molecule has 1 unspecified atom stereocenters. The minimum atomic E-state index is -0.362. The average molecular weight is 355 g/mol. The van der Waals surface area contributed by atoms with Gasteiger partial charge in [0, 0.05) is 31.2 Å². The third-order valence-corrected chi connectivity index (χ3v) is 5.70. The molecule has 2 aromatic heterocycles. The average Bonchev–Trinajstić information content (AvgIpc) is 3.29. The van der Waals surface area contributed by atoms with Crippen LogP contribution in [0.25, 0.3) is 11.2 Å². The van der Waals surface area contributed by atoms with Gasteiger partial charge in [0.1, 0.15) is 5.52 Å². The predicted molar refractivity (Wildman–Crippen MR) is 97.5 cm³/mol. The van der Waals surface area contributed by atoms with Gasteiger partial charge in [-0.2, -0.15) is 0 Å². The van der Waals surface area contributed by atoms with Crippen molar-refractivity contribution in [2.45, 2.75) is 63.5 Å². The number of aromatic nitrogens is 3. The summed E-state index contributed by atoms with van der Waals surface area (Å²) in [6, 6.07) is 2.18. The van der Waals surface area contributed by atoms with Gasteiger partial charge < -0.3 is 15.2 Å². The first-order chi connectivity index (χ1) is 12.6. The Morgan fingerprint density at radius 3 is 2.65 bits per heavy atom. The number of primary amides is 1. The molecule has 0 spiro atoms. The SMILES string of the molecule is NC(=O)CC1CCCCN1C(=O)c1cnc2c(c1)ncn2C1CCCC1. The zero-order valence-corrected chi connectivity index (χ0v) is 14.9. The first kappa shape index (κ1) is 17.0. The van der Waals surface area contributed by atoms with Gasteiger partial charge in [0.25, 0.3) is 5.91 Å². The number of nitrogens with zero attached hydrogens (tertiary/aromatic N) is 4. The fourth-order valence-electron chi connectivity index (χ4n) is 4.36. The largest absolute Gasteiger partial charge is 0.370 e. The smallest absolute Gasteiger partial charge is 0.255 e. The highest BCUT2D eigenvalue weighted by Gasteiger charge is 2.29. The molecule has 7 nitrogen and oxygen atoms in total. The van der Waals surface area contributed by atoms with Crippen LogP contribution >= 0.6 is 0 Å². The van der Waals surface area contributed by atoms with Crippen molar-refractivity contribution in [3.63, 3.8) is 0 Å². The monoisotopic (exact) mass is 355 g/mol. The van der Waals surface area contributed by atoms with Crippen molar-refractivity contribution in [1.29, 1.82) is 0 Å². The fraction of sp³-hybridized carbons (Fsp3) is 0.579. The predicted octanol–water partition coefficient (Wildman–Crippen LogP) is 2.42. The Balaban J connectivity index is 1.59. The first-order valence-electron chi connectivity index (χ1n) is 9.55. The van der Waals surface area contributed by atoms with Crippen LogP contribution in [0, 0.1) is 0 Å². The van der Waals surface area contributed by atoms with E-state index < -0.39 is 0 Å². The quantitative estimate of drug-likeness (QED) is 0.911. The number of carbonyl (C=O) groups excluding carboxylic acids is 2. The molecule has 2 aliphatic rings. The molecule has 1 atom stereocenters. The van der Waals surface area contributed by atoms with Crippen molar-refractivity contribution in [2.75, 3.05) is 6.54 Å². The zero-order chi connectivity index (χ0) is 18.1. The Bertz CT molecular complexity index is 824. The molecule has 0 aromatic carbocycles. The summed E-state index contributed by atoms with van der Waals surface area (Å²) in [6.45, 7) is 0.658. The van der Waals surface area contributed by atoms with Crippen molar-refractivity contribution in [1.82, 2.24) is 19.4 Å². The number of fused-ring (bicyclic) bond motifs is 1. The minimum absolute atomic E-state index is 0.0826. The van der Waals surface area contributed by atoms with Crippen molar-refractivity contribution >= 4 is 23.0 Å². The lowest BCUT2D eigenvalue weighted by Crippen LogP contribution is -2.45. The third-order valence-electron chi connectivity index (χ3n) is 5.70. The van der Waals surface area contributed by atoms with Gasteiger partial charge in [0.15, 0.2) is 5.65 Å². The number of carbonyl (C=O) groups is 2. The van der Waals surface area contributed by atoms with Gasteiger partial charge in [-0.25, -0.2) is 9.97 Å². The number of amides is 2. The maximum absolute atomic E-state index is 13.0. The zero-order valence-electron chi connectivity index (χ0n) is 14.9. The van der Waals surface area contributed by atoms with Gasteiger partial charge in [-0.1, -0.05) is 12.8 Å². The summed E-state index contributed by atoms with van der Waals surface area (Å²) in [6.07, 6.45) is 11.3. The number of rotatable bonds is 4. The van der Waals surface area contributed by atoms with Crippen molar-refractivity contribution in [3.05, 3.63) is 24.2 Å². The second-order valence-electron chi connectivity index (χ2n) is 7.48. The van der Waals surface area contributed by atoms with Crippen LogP contribution in [0.4, 0.5) is 0 Å². The van der Waals surface area contributed by atoms with Gasteiger partial charge in [0.2, 0.25) is 5.91 Å². The molecule has 2 fully saturated rings. The molecule has 2 N–H and O–H groups in total. The molecule has 1 aliphatic carbocycles. The van der Waals surface area contributed by atoms with Crippen LogP contribution in [-0.2, 0) is 4.79 Å². The van der Waals surface area contributed by atoms with E-state index in [1.54, 1.807) is 11.1 Å². The number of imidazole rings is 1. The van der Waals surface area contributed by atoms with Crippen LogP contribution in [0.5, 0.6) is 0 Å². The van der Waals surface area contributed by atoms with Crippen LogP contribution < -0.4 is 5.73 Å². The molecular formula is C19H25N5O2. The van der Waals surface area contributed by atoms with E-state index in [9.17, 15) is 9.59 Å². The van der Waals surface area contributed by atoms with Crippen LogP contribution in [0.2, 0.25) is 0 Å². The lowest BCUT2D eigenvalue weighted by molar-refractivity contribution is -0.119. The Kier molecular flexibility index (Phi) is 4.61. The normalized spacial score (nSPS) is 21.4.